The number of H-pyrrole nitrogens is 1. The molecule has 208 valence electrons. The van der Waals surface area contributed by atoms with Gasteiger partial charge in [0.25, 0.3) is 0 Å². The van der Waals surface area contributed by atoms with Gasteiger partial charge >= 0.3 is 5.97 Å². The van der Waals surface area contributed by atoms with Gasteiger partial charge in [0.2, 0.25) is 11.8 Å². The molecule has 0 bridgehead atoms. The summed E-state index contributed by atoms with van der Waals surface area (Å²) in [5.41, 5.74) is 2.39. The summed E-state index contributed by atoms with van der Waals surface area (Å²) in [4.78, 5) is 67.1. The highest BCUT2D eigenvalue weighted by Gasteiger charge is 2.40. The smallest absolute Gasteiger partial charge is 0.332 e. The first-order valence-electron chi connectivity index (χ1n) is 13.1. The number of carbonyl (C=O) groups excluding carboxylic acids is 5. The van der Waals surface area contributed by atoms with E-state index in [0.717, 1.165) is 28.4 Å². The molecule has 0 aliphatic heterocycles. The standard InChI is InChI=1S/C29H36N4O6/c1-5-23(29(38)39-6-2)33-28(37)20(12-11-18(35)15-30)21-13-16(3)27(36)25(31-17(4)34)14-22-19-9-7-8-10-24(19)32-26(21)22/h5,7-10,15-16,20-21,23,25,30,32H,1,6,11-14H2,2-4H3,(H,31,34)(H,33,37)/t16?,20-,21?,23?,25+/m1/s1. The first kappa shape index (κ1) is 29.5. The number of amides is 2. The van der Waals surface area contributed by atoms with Crippen LogP contribution >= 0.6 is 0 Å². The molecule has 3 rings (SSSR count). The van der Waals surface area contributed by atoms with Crippen LogP contribution in [0.2, 0.25) is 0 Å². The number of benzene rings is 1. The Morgan fingerprint density at radius 3 is 2.62 bits per heavy atom. The Bertz CT molecular complexity index is 1280. The second-order valence-electron chi connectivity index (χ2n) is 9.90. The molecule has 5 atom stereocenters. The molecule has 10 heteroatoms. The number of fused-ring (bicyclic) bond motifs is 3. The zero-order chi connectivity index (χ0) is 28.7. The van der Waals surface area contributed by atoms with Crippen molar-refractivity contribution in [2.45, 2.75) is 64.5 Å². The molecule has 1 aromatic carbocycles. The number of ether oxygens (including phenoxy) is 1. The van der Waals surface area contributed by atoms with Crippen LogP contribution in [0.1, 0.15) is 57.2 Å². The van der Waals surface area contributed by atoms with Gasteiger partial charge in [0.1, 0.15) is 6.04 Å². The third-order valence-electron chi connectivity index (χ3n) is 7.20. The van der Waals surface area contributed by atoms with Crippen molar-refractivity contribution < 1.29 is 28.7 Å². The van der Waals surface area contributed by atoms with Crippen LogP contribution in [-0.2, 0) is 35.1 Å². The van der Waals surface area contributed by atoms with E-state index in [0.29, 0.717) is 0 Å². The Kier molecular flexibility index (Phi) is 9.92. The minimum absolute atomic E-state index is 0.0529. The molecule has 3 unspecified atom stereocenters. The maximum Gasteiger partial charge on any atom is 0.332 e. The van der Waals surface area contributed by atoms with Crippen molar-refractivity contribution in [3.05, 3.63) is 48.2 Å². The van der Waals surface area contributed by atoms with E-state index in [2.05, 4.69) is 22.2 Å². The van der Waals surface area contributed by atoms with E-state index in [1.807, 2.05) is 24.3 Å². The summed E-state index contributed by atoms with van der Waals surface area (Å²) in [5, 5.41) is 13.7. The second-order valence-corrected chi connectivity index (χ2v) is 9.90. The number of hydrogen-bond donors (Lipinski definition) is 4. The van der Waals surface area contributed by atoms with Crippen LogP contribution in [0.4, 0.5) is 0 Å². The summed E-state index contributed by atoms with van der Waals surface area (Å²) >= 11 is 0. The molecule has 4 N–H and O–H groups in total. The summed E-state index contributed by atoms with van der Waals surface area (Å²) in [6.45, 7) is 8.56. The van der Waals surface area contributed by atoms with Gasteiger partial charge in [-0.25, -0.2) is 4.79 Å². The van der Waals surface area contributed by atoms with E-state index in [9.17, 15) is 24.0 Å². The van der Waals surface area contributed by atoms with Crippen LogP contribution in [0.3, 0.4) is 0 Å². The molecule has 10 nitrogen and oxygen atoms in total. The molecule has 2 amide bonds. The summed E-state index contributed by atoms with van der Waals surface area (Å²) in [6, 6.07) is 5.77. The first-order chi connectivity index (χ1) is 18.6. The number of ketones is 2. The van der Waals surface area contributed by atoms with E-state index in [-0.39, 0.29) is 44.0 Å². The van der Waals surface area contributed by atoms with Crippen LogP contribution in [0.15, 0.2) is 36.9 Å². The van der Waals surface area contributed by atoms with E-state index in [1.165, 1.54) is 13.0 Å². The van der Waals surface area contributed by atoms with Crippen molar-refractivity contribution in [3.63, 3.8) is 0 Å². The lowest BCUT2D eigenvalue weighted by molar-refractivity contribution is -0.146. The Hall–Kier alpha value is -4.08. The van der Waals surface area contributed by atoms with Crippen molar-refractivity contribution in [1.82, 2.24) is 15.6 Å². The fourth-order valence-electron chi connectivity index (χ4n) is 5.34. The first-order valence-corrected chi connectivity index (χ1v) is 13.1. The van der Waals surface area contributed by atoms with Gasteiger partial charge in [0.05, 0.1) is 18.9 Å². The second kappa shape index (κ2) is 13.1. The lowest BCUT2D eigenvalue weighted by atomic mass is 9.73. The zero-order valence-corrected chi connectivity index (χ0v) is 22.5. The molecule has 2 aromatic rings. The van der Waals surface area contributed by atoms with Crippen LogP contribution in [0.5, 0.6) is 0 Å². The van der Waals surface area contributed by atoms with Crippen molar-refractivity contribution >= 4 is 46.5 Å². The fourth-order valence-corrected chi connectivity index (χ4v) is 5.34. The minimum Gasteiger partial charge on any atom is -0.464 e. The number of rotatable bonds is 11. The van der Waals surface area contributed by atoms with Crippen LogP contribution in [0, 0.1) is 17.2 Å². The number of nitrogens with one attached hydrogen (secondary N) is 4. The maximum absolute atomic E-state index is 13.8. The number of esters is 1. The van der Waals surface area contributed by atoms with Gasteiger partial charge in [-0.05, 0) is 31.4 Å². The zero-order valence-electron chi connectivity index (χ0n) is 22.5. The monoisotopic (exact) mass is 536 g/mol. The average molecular weight is 537 g/mol. The molecule has 1 heterocycles. The van der Waals surface area contributed by atoms with Crippen LogP contribution < -0.4 is 10.6 Å². The number of aromatic amines is 1. The van der Waals surface area contributed by atoms with Crippen LogP contribution in [0.25, 0.3) is 10.9 Å². The van der Waals surface area contributed by atoms with Gasteiger partial charge in [0, 0.05) is 54.1 Å². The number of hydrogen-bond acceptors (Lipinski definition) is 7. The predicted molar refractivity (Wildman–Crippen MR) is 146 cm³/mol. The number of Topliss-reactive ketones (excluding diaryl/α,β-unsaturated/α-hetero) is 2. The summed E-state index contributed by atoms with van der Waals surface area (Å²) in [7, 11) is 0. The normalized spacial score (nSPS) is 20.5. The highest BCUT2D eigenvalue weighted by atomic mass is 16.5. The summed E-state index contributed by atoms with van der Waals surface area (Å²) in [5.74, 6) is -3.87. The molecule has 0 radical (unpaired) electrons. The van der Waals surface area contributed by atoms with E-state index >= 15 is 0 Å². The third-order valence-corrected chi connectivity index (χ3v) is 7.20. The molecule has 1 aliphatic rings. The van der Waals surface area contributed by atoms with E-state index in [1.54, 1.807) is 13.8 Å². The Balaban J connectivity index is 2.12. The molecule has 0 spiro atoms. The van der Waals surface area contributed by atoms with Gasteiger partial charge < -0.3 is 25.8 Å². The number of aromatic nitrogens is 1. The van der Waals surface area contributed by atoms with Gasteiger partial charge in [-0.2, -0.15) is 0 Å². The third kappa shape index (κ3) is 6.87. The Morgan fingerprint density at radius 1 is 1.26 bits per heavy atom. The highest BCUT2D eigenvalue weighted by molar-refractivity contribution is 6.26. The molecule has 0 fully saturated rings. The summed E-state index contributed by atoms with van der Waals surface area (Å²) < 4.78 is 5.05. The Labute approximate surface area is 227 Å². The lowest BCUT2D eigenvalue weighted by Crippen LogP contribution is -2.47. The number of para-hydroxylation sites is 1. The van der Waals surface area contributed by atoms with Crippen molar-refractivity contribution in [2.24, 2.45) is 11.8 Å². The van der Waals surface area contributed by atoms with Gasteiger partial charge in [-0.15, -0.1) is 6.58 Å². The van der Waals surface area contributed by atoms with E-state index < -0.39 is 47.5 Å². The molecular weight excluding hydrogens is 500 g/mol. The maximum atomic E-state index is 13.8. The van der Waals surface area contributed by atoms with Crippen molar-refractivity contribution in [1.29, 1.82) is 5.41 Å². The van der Waals surface area contributed by atoms with Crippen molar-refractivity contribution in [3.8, 4) is 0 Å². The average Bonchev–Trinajstić information content (AvgIpc) is 3.26. The molecule has 1 aromatic heterocycles. The van der Waals surface area contributed by atoms with Gasteiger partial charge in [0.15, 0.2) is 11.6 Å². The molecule has 0 saturated heterocycles. The quantitative estimate of drug-likeness (QED) is 0.196. The SMILES string of the molecule is C=CC(NC(=O)[C@H](CCC(=O)C=N)C1CC(C)C(=O)[C@@H](NC(C)=O)Cc2c1[nH]c1ccccc21)C(=O)OCC. The minimum atomic E-state index is -1.09. The molecule has 39 heavy (non-hydrogen) atoms. The predicted octanol–water partition coefficient (Wildman–Crippen LogP) is 2.76. The highest BCUT2D eigenvalue weighted by Crippen LogP contribution is 2.41. The largest absolute Gasteiger partial charge is 0.464 e. The van der Waals surface area contributed by atoms with E-state index in [4.69, 9.17) is 10.1 Å². The molecule has 1 aliphatic carbocycles. The lowest BCUT2D eigenvalue weighted by Gasteiger charge is -2.33. The molecular formula is C29H36N4O6. The Morgan fingerprint density at radius 2 is 1.97 bits per heavy atom. The van der Waals surface area contributed by atoms with Crippen LogP contribution in [-0.4, -0.2) is 59.2 Å². The topological polar surface area (TPSA) is 158 Å². The van der Waals surface area contributed by atoms with Gasteiger partial charge in [-0.1, -0.05) is 31.2 Å². The number of carbonyl (C=O) groups is 5. The summed E-state index contributed by atoms with van der Waals surface area (Å²) in [6.07, 6.45) is 2.56. The van der Waals surface area contributed by atoms with Crippen molar-refractivity contribution in [2.75, 3.05) is 6.61 Å². The van der Waals surface area contributed by atoms with Gasteiger partial charge in [-0.3, -0.25) is 19.2 Å². The molecule has 0 saturated carbocycles. The fraction of sp³-hybridized carbons (Fsp3) is 0.448.